The SMILES string of the molecule is CCCC(=O)N1CCCC1C(=O)OCC(=O)c1cc(C)n(CC2CCCO2)c1C. The van der Waals surface area contributed by atoms with Crippen molar-refractivity contribution in [1.82, 2.24) is 9.47 Å². The molecule has 0 saturated carbocycles. The van der Waals surface area contributed by atoms with E-state index in [4.69, 9.17) is 9.47 Å². The van der Waals surface area contributed by atoms with Gasteiger partial charge in [0.15, 0.2) is 6.61 Å². The van der Waals surface area contributed by atoms with Gasteiger partial charge in [-0.05, 0) is 52.0 Å². The summed E-state index contributed by atoms with van der Waals surface area (Å²) in [5.41, 5.74) is 2.46. The van der Waals surface area contributed by atoms with Crippen LogP contribution in [0.3, 0.4) is 0 Å². The van der Waals surface area contributed by atoms with Crippen LogP contribution in [0.1, 0.15) is 67.2 Å². The lowest BCUT2D eigenvalue weighted by Crippen LogP contribution is -2.41. The van der Waals surface area contributed by atoms with Crippen LogP contribution in [-0.2, 0) is 25.6 Å². The van der Waals surface area contributed by atoms with Gasteiger partial charge in [0.25, 0.3) is 0 Å². The van der Waals surface area contributed by atoms with Crippen LogP contribution in [-0.4, -0.2) is 59.0 Å². The maximum Gasteiger partial charge on any atom is 0.329 e. The fraction of sp³-hybridized carbons (Fsp3) is 0.682. The second-order valence-electron chi connectivity index (χ2n) is 8.06. The minimum atomic E-state index is -0.561. The molecule has 0 bridgehead atoms. The Hall–Kier alpha value is -2.15. The number of aryl methyl sites for hydroxylation is 1. The van der Waals surface area contributed by atoms with Crippen LogP contribution in [0.25, 0.3) is 0 Å². The van der Waals surface area contributed by atoms with Crippen molar-refractivity contribution >= 4 is 17.7 Å². The number of hydrogen-bond acceptors (Lipinski definition) is 5. The molecule has 7 nitrogen and oxygen atoms in total. The topological polar surface area (TPSA) is 77.8 Å². The lowest BCUT2D eigenvalue weighted by Gasteiger charge is -2.23. The summed E-state index contributed by atoms with van der Waals surface area (Å²) in [6, 6.07) is 1.29. The summed E-state index contributed by atoms with van der Waals surface area (Å²) < 4.78 is 13.1. The second-order valence-corrected chi connectivity index (χ2v) is 8.06. The number of carbonyl (C=O) groups is 3. The number of nitrogens with zero attached hydrogens (tertiary/aromatic N) is 2. The largest absolute Gasteiger partial charge is 0.456 e. The Morgan fingerprint density at radius 1 is 1.21 bits per heavy atom. The van der Waals surface area contributed by atoms with E-state index in [-0.39, 0.29) is 24.4 Å². The molecule has 3 rings (SSSR count). The Labute approximate surface area is 172 Å². The van der Waals surface area contributed by atoms with Gasteiger partial charge in [-0.3, -0.25) is 9.59 Å². The molecule has 29 heavy (non-hydrogen) atoms. The predicted octanol–water partition coefficient (Wildman–Crippen LogP) is 2.80. The van der Waals surface area contributed by atoms with Crippen LogP contribution < -0.4 is 0 Å². The summed E-state index contributed by atoms with van der Waals surface area (Å²) in [5.74, 6) is -0.709. The standard InChI is InChI=1S/C22H32N2O5/c1-4-7-21(26)23-10-5-9-19(23)22(27)29-14-20(25)18-12-15(2)24(16(18)3)13-17-8-6-11-28-17/h12,17,19H,4-11,13-14H2,1-3H3. The molecule has 1 aromatic rings. The van der Waals surface area contributed by atoms with Crippen LogP contribution in [0, 0.1) is 13.8 Å². The van der Waals surface area contributed by atoms with E-state index in [0.717, 1.165) is 50.2 Å². The number of hydrogen-bond donors (Lipinski definition) is 0. The maximum absolute atomic E-state index is 12.7. The van der Waals surface area contributed by atoms with Gasteiger partial charge in [0.2, 0.25) is 11.7 Å². The molecule has 3 heterocycles. The van der Waals surface area contributed by atoms with Crippen LogP contribution in [0.4, 0.5) is 0 Å². The first-order valence-electron chi connectivity index (χ1n) is 10.7. The van der Waals surface area contributed by atoms with Crippen LogP contribution in [0.5, 0.6) is 0 Å². The highest BCUT2D eigenvalue weighted by molar-refractivity contribution is 5.99. The van der Waals surface area contributed by atoms with E-state index in [2.05, 4.69) is 4.57 Å². The normalized spacial score (nSPS) is 21.6. The van der Waals surface area contributed by atoms with Crippen molar-refractivity contribution in [2.45, 2.75) is 78.0 Å². The van der Waals surface area contributed by atoms with E-state index >= 15 is 0 Å². The van der Waals surface area contributed by atoms with Gasteiger partial charge in [-0.2, -0.15) is 0 Å². The lowest BCUT2D eigenvalue weighted by atomic mass is 10.1. The molecule has 1 amide bonds. The summed E-state index contributed by atoms with van der Waals surface area (Å²) in [7, 11) is 0. The minimum absolute atomic E-state index is 0.0176. The van der Waals surface area contributed by atoms with E-state index in [9.17, 15) is 14.4 Å². The molecule has 2 unspecified atom stereocenters. The highest BCUT2D eigenvalue weighted by atomic mass is 16.5. The van der Waals surface area contributed by atoms with Crippen LogP contribution >= 0.6 is 0 Å². The predicted molar refractivity (Wildman–Crippen MR) is 108 cm³/mol. The average molecular weight is 405 g/mol. The number of rotatable bonds is 8. The lowest BCUT2D eigenvalue weighted by molar-refractivity contribution is -0.152. The number of Topliss-reactive ketones (excluding diaryl/α,β-unsaturated/α-hetero) is 1. The van der Waals surface area contributed by atoms with E-state index < -0.39 is 12.0 Å². The molecule has 160 valence electrons. The van der Waals surface area contributed by atoms with Crippen molar-refractivity contribution in [1.29, 1.82) is 0 Å². The summed E-state index contributed by atoms with van der Waals surface area (Å²) in [6.07, 6.45) is 4.86. The first-order valence-corrected chi connectivity index (χ1v) is 10.7. The van der Waals surface area contributed by atoms with Gasteiger partial charge in [0, 0.05) is 43.1 Å². The molecular formula is C22H32N2O5. The highest BCUT2D eigenvalue weighted by Gasteiger charge is 2.35. The number of likely N-dealkylation sites (tertiary alicyclic amines) is 1. The van der Waals surface area contributed by atoms with Crippen molar-refractivity contribution in [3.63, 3.8) is 0 Å². The average Bonchev–Trinajstić information content (AvgIpc) is 3.43. The molecule has 0 N–H and O–H groups in total. The van der Waals surface area contributed by atoms with E-state index in [0.29, 0.717) is 24.9 Å². The number of carbonyl (C=O) groups excluding carboxylic acids is 3. The Balaban J connectivity index is 1.59. The molecule has 7 heteroatoms. The van der Waals surface area contributed by atoms with Gasteiger partial charge in [0.1, 0.15) is 6.04 Å². The smallest absolute Gasteiger partial charge is 0.329 e. The molecule has 0 aliphatic carbocycles. The Kier molecular flexibility index (Phi) is 7.11. The zero-order valence-electron chi connectivity index (χ0n) is 17.7. The van der Waals surface area contributed by atoms with E-state index in [1.165, 1.54) is 0 Å². The Morgan fingerprint density at radius 2 is 2.00 bits per heavy atom. The number of esters is 1. The van der Waals surface area contributed by atoms with Gasteiger partial charge < -0.3 is 18.9 Å². The Bertz CT molecular complexity index is 763. The number of aromatic nitrogens is 1. The van der Waals surface area contributed by atoms with Crippen LogP contribution in [0.2, 0.25) is 0 Å². The number of ketones is 1. The molecule has 0 radical (unpaired) electrons. The molecule has 2 atom stereocenters. The van der Waals surface area contributed by atoms with Crippen LogP contribution in [0.15, 0.2) is 6.07 Å². The first-order chi connectivity index (χ1) is 13.9. The molecule has 2 fully saturated rings. The molecular weight excluding hydrogens is 372 g/mol. The molecule has 2 aliphatic rings. The van der Waals surface area contributed by atoms with Crippen molar-refractivity contribution in [2.75, 3.05) is 19.8 Å². The maximum atomic E-state index is 12.7. The third-order valence-electron chi connectivity index (χ3n) is 5.94. The van der Waals surface area contributed by atoms with Gasteiger partial charge >= 0.3 is 5.97 Å². The third-order valence-corrected chi connectivity index (χ3v) is 5.94. The molecule has 0 spiro atoms. The first kappa shape index (κ1) is 21.6. The molecule has 2 aliphatic heterocycles. The van der Waals surface area contributed by atoms with Crippen molar-refractivity contribution in [2.24, 2.45) is 0 Å². The Morgan fingerprint density at radius 3 is 2.69 bits per heavy atom. The number of ether oxygens (including phenoxy) is 2. The van der Waals surface area contributed by atoms with Crippen molar-refractivity contribution in [3.05, 3.63) is 23.0 Å². The summed E-state index contributed by atoms with van der Waals surface area (Å²) >= 11 is 0. The molecule has 2 saturated heterocycles. The quantitative estimate of drug-likeness (QED) is 0.492. The zero-order valence-corrected chi connectivity index (χ0v) is 17.7. The molecule has 0 aromatic carbocycles. The van der Waals surface area contributed by atoms with Gasteiger partial charge in [0.05, 0.1) is 6.10 Å². The van der Waals surface area contributed by atoms with E-state index in [1.54, 1.807) is 4.90 Å². The van der Waals surface area contributed by atoms with Crippen molar-refractivity contribution in [3.8, 4) is 0 Å². The molecule has 1 aromatic heterocycles. The van der Waals surface area contributed by atoms with Gasteiger partial charge in [-0.15, -0.1) is 0 Å². The summed E-state index contributed by atoms with van der Waals surface area (Å²) in [6.45, 7) is 7.65. The van der Waals surface area contributed by atoms with Crippen molar-refractivity contribution < 1.29 is 23.9 Å². The van der Waals surface area contributed by atoms with Gasteiger partial charge in [-0.1, -0.05) is 6.92 Å². The fourth-order valence-corrected chi connectivity index (χ4v) is 4.33. The monoisotopic (exact) mass is 404 g/mol. The zero-order chi connectivity index (χ0) is 21.0. The fourth-order valence-electron chi connectivity index (χ4n) is 4.33. The number of amides is 1. The highest BCUT2D eigenvalue weighted by Crippen LogP contribution is 2.22. The summed E-state index contributed by atoms with van der Waals surface area (Å²) in [5, 5.41) is 0. The summed E-state index contributed by atoms with van der Waals surface area (Å²) in [4.78, 5) is 39.0. The van der Waals surface area contributed by atoms with Gasteiger partial charge in [-0.25, -0.2) is 4.79 Å². The third kappa shape index (κ3) is 4.89. The minimum Gasteiger partial charge on any atom is -0.456 e. The van der Waals surface area contributed by atoms with E-state index in [1.807, 2.05) is 26.8 Å². The second kappa shape index (κ2) is 9.57.